The van der Waals surface area contributed by atoms with Crippen LogP contribution < -0.4 is 0 Å². The van der Waals surface area contributed by atoms with E-state index in [-0.39, 0.29) is 35.7 Å². The van der Waals surface area contributed by atoms with Crippen molar-refractivity contribution < 1.29 is 18.6 Å². The van der Waals surface area contributed by atoms with Gasteiger partial charge in [0.1, 0.15) is 5.69 Å². The Morgan fingerprint density at radius 1 is 1.23 bits per heavy atom. The van der Waals surface area contributed by atoms with Crippen LogP contribution in [0, 0.1) is 11.8 Å². The number of imide groups is 1. The number of aromatic nitrogens is 1. The number of fused-ring (bicyclic) bond motifs is 3. The Kier molecular flexibility index (Phi) is 5.24. The van der Waals surface area contributed by atoms with Crippen LogP contribution in [-0.4, -0.2) is 78.1 Å². The summed E-state index contributed by atoms with van der Waals surface area (Å²) in [4.78, 5) is 31.5. The molecule has 2 amide bonds. The number of hydrogen-bond acceptors (Lipinski definition) is 6. The van der Waals surface area contributed by atoms with E-state index in [9.17, 15) is 9.59 Å². The predicted molar refractivity (Wildman–Crippen MR) is 119 cm³/mol. The van der Waals surface area contributed by atoms with Crippen LogP contribution in [0.5, 0.6) is 0 Å². The molecule has 9 heteroatoms. The van der Waals surface area contributed by atoms with Crippen LogP contribution in [0.3, 0.4) is 0 Å². The highest BCUT2D eigenvalue weighted by molar-refractivity contribution is 7.19. The molecule has 0 aromatic carbocycles. The van der Waals surface area contributed by atoms with E-state index >= 15 is 0 Å². The minimum absolute atomic E-state index is 0.00423. The summed E-state index contributed by atoms with van der Waals surface area (Å²) in [6, 6.07) is 5.57. The van der Waals surface area contributed by atoms with Crippen LogP contribution in [-0.2, 0) is 9.59 Å². The van der Waals surface area contributed by atoms with Gasteiger partial charge in [0.25, 0.3) is 0 Å². The molecule has 0 saturated carbocycles. The first-order valence-electron chi connectivity index (χ1n) is 10.9. The largest absolute Gasteiger partial charge is 0.355 e. The second kappa shape index (κ2) is 7.69. The number of rotatable bonds is 6. The van der Waals surface area contributed by atoms with E-state index in [0.717, 1.165) is 47.4 Å². The summed E-state index contributed by atoms with van der Waals surface area (Å²) in [6.45, 7) is 2.30. The molecule has 31 heavy (non-hydrogen) atoms. The maximum Gasteiger partial charge on any atom is 0.235 e. The van der Waals surface area contributed by atoms with Gasteiger partial charge in [-0.2, -0.15) is 0 Å². The number of thiophene rings is 1. The lowest BCUT2D eigenvalue weighted by Crippen LogP contribution is -2.42. The van der Waals surface area contributed by atoms with Crippen LogP contribution in [0.25, 0.3) is 10.6 Å². The fraction of sp³-hybridized carbons (Fsp3) is 0.591. The molecule has 3 fully saturated rings. The van der Waals surface area contributed by atoms with Crippen LogP contribution in [0.4, 0.5) is 0 Å². The first-order valence-corrected chi connectivity index (χ1v) is 12.1. The molecular formula is C22H28ClN4O3S+. The summed E-state index contributed by atoms with van der Waals surface area (Å²) in [5.41, 5.74) is 0.744. The average molecular weight is 464 g/mol. The Morgan fingerprint density at radius 3 is 2.71 bits per heavy atom. The minimum Gasteiger partial charge on any atom is -0.355 e. The topological polar surface area (TPSA) is 66.7 Å². The van der Waals surface area contributed by atoms with Gasteiger partial charge in [-0.1, -0.05) is 16.8 Å². The standard InChI is InChI=1S/C22H28ClN4O3S/c1-27(2,3)11-5-10-26-21(28)18-14-6-4-9-25(14)20(19(18)22(26)29)13-12-15(30-24-13)16-7-8-17(23)31-16/h7-8,12,14,18-20H,4-6,9-11H2,1-3H3/q+1/t14?,18-,19-,20-/m0/s1. The Labute approximate surface area is 191 Å². The van der Waals surface area contributed by atoms with Crippen molar-refractivity contribution in [3.8, 4) is 10.6 Å². The van der Waals surface area contributed by atoms with Crippen molar-refractivity contribution in [1.82, 2.24) is 15.0 Å². The lowest BCUT2D eigenvalue weighted by Gasteiger charge is -2.28. The van der Waals surface area contributed by atoms with Crippen molar-refractivity contribution in [2.24, 2.45) is 11.8 Å². The Hall–Kier alpha value is -1.74. The minimum atomic E-state index is -0.369. The lowest BCUT2D eigenvalue weighted by atomic mass is 9.86. The van der Waals surface area contributed by atoms with E-state index in [2.05, 4.69) is 31.2 Å². The van der Waals surface area contributed by atoms with E-state index in [1.165, 1.54) is 16.2 Å². The van der Waals surface area contributed by atoms with Crippen molar-refractivity contribution in [2.75, 3.05) is 40.8 Å². The molecule has 0 aliphatic carbocycles. The van der Waals surface area contributed by atoms with Gasteiger partial charge in [-0.3, -0.25) is 19.4 Å². The Bertz CT molecular complexity index is 1010. The summed E-state index contributed by atoms with van der Waals surface area (Å²) >= 11 is 7.51. The number of carbonyl (C=O) groups excluding carboxylic acids is 2. The van der Waals surface area contributed by atoms with Gasteiger partial charge in [-0.05, 0) is 31.5 Å². The van der Waals surface area contributed by atoms with E-state index in [1.807, 2.05) is 18.2 Å². The van der Waals surface area contributed by atoms with Gasteiger partial charge >= 0.3 is 0 Å². The molecule has 7 nitrogen and oxygen atoms in total. The van der Waals surface area contributed by atoms with Crippen molar-refractivity contribution in [3.05, 3.63) is 28.2 Å². The quantitative estimate of drug-likeness (QED) is 0.486. The fourth-order valence-electron chi connectivity index (χ4n) is 5.53. The number of quaternary nitrogens is 1. The van der Waals surface area contributed by atoms with E-state index in [0.29, 0.717) is 16.6 Å². The molecule has 1 unspecified atom stereocenters. The van der Waals surface area contributed by atoms with Gasteiger partial charge in [0, 0.05) is 25.1 Å². The zero-order valence-corrected chi connectivity index (χ0v) is 19.7. The molecule has 3 aliphatic rings. The molecule has 3 saturated heterocycles. The number of nitrogens with zero attached hydrogens (tertiary/aromatic N) is 4. The third kappa shape index (κ3) is 3.63. The normalized spacial score (nSPS) is 28.6. The Balaban J connectivity index is 1.42. The highest BCUT2D eigenvalue weighted by atomic mass is 35.5. The number of carbonyl (C=O) groups is 2. The average Bonchev–Trinajstić information content (AvgIpc) is 3.47. The summed E-state index contributed by atoms with van der Waals surface area (Å²) in [5, 5.41) is 4.35. The predicted octanol–water partition coefficient (Wildman–Crippen LogP) is 3.27. The third-order valence-electron chi connectivity index (χ3n) is 6.80. The van der Waals surface area contributed by atoms with Crippen LogP contribution in [0.1, 0.15) is 31.0 Å². The molecule has 2 aromatic heterocycles. The van der Waals surface area contributed by atoms with Gasteiger partial charge in [0.2, 0.25) is 11.8 Å². The molecule has 0 spiro atoms. The highest BCUT2D eigenvalue weighted by Crippen LogP contribution is 2.53. The van der Waals surface area contributed by atoms with Crippen molar-refractivity contribution in [1.29, 1.82) is 0 Å². The second-order valence-electron chi connectivity index (χ2n) is 9.86. The van der Waals surface area contributed by atoms with Crippen molar-refractivity contribution in [2.45, 2.75) is 31.3 Å². The monoisotopic (exact) mass is 463 g/mol. The van der Waals surface area contributed by atoms with Gasteiger partial charge in [-0.15, -0.1) is 11.3 Å². The van der Waals surface area contributed by atoms with Gasteiger partial charge < -0.3 is 9.01 Å². The number of amides is 2. The first kappa shape index (κ1) is 21.1. The smallest absolute Gasteiger partial charge is 0.235 e. The molecular weight excluding hydrogens is 436 g/mol. The molecule has 2 aromatic rings. The van der Waals surface area contributed by atoms with E-state index < -0.39 is 0 Å². The maximum absolute atomic E-state index is 13.4. The molecule has 166 valence electrons. The molecule has 0 N–H and O–H groups in total. The van der Waals surface area contributed by atoms with Crippen LogP contribution in [0.2, 0.25) is 4.34 Å². The lowest BCUT2D eigenvalue weighted by molar-refractivity contribution is -0.870. The Morgan fingerprint density at radius 2 is 2.00 bits per heavy atom. The maximum atomic E-state index is 13.4. The number of halogens is 1. The third-order valence-corrected chi connectivity index (χ3v) is 8.05. The zero-order chi connectivity index (χ0) is 21.9. The van der Waals surface area contributed by atoms with Crippen molar-refractivity contribution in [3.63, 3.8) is 0 Å². The highest BCUT2D eigenvalue weighted by Gasteiger charge is 2.63. The molecule has 4 atom stereocenters. The number of likely N-dealkylation sites (tertiary alicyclic amines) is 1. The van der Waals surface area contributed by atoms with E-state index in [1.54, 1.807) is 0 Å². The molecule has 3 aliphatic heterocycles. The molecule has 5 rings (SSSR count). The van der Waals surface area contributed by atoms with Crippen LogP contribution >= 0.6 is 22.9 Å². The van der Waals surface area contributed by atoms with Gasteiger partial charge in [-0.25, -0.2) is 0 Å². The van der Waals surface area contributed by atoms with Gasteiger partial charge in [0.15, 0.2) is 5.76 Å². The number of hydrogen-bond donors (Lipinski definition) is 0. The SMILES string of the molecule is C[N+](C)(C)CCCN1C(=O)[C@H]2[C@@H](C1=O)C1CCCN1[C@H]2c1cc(-c2ccc(Cl)s2)on1. The summed E-state index contributed by atoms with van der Waals surface area (Å²) < 4.78 is 7.13. The zero-order valence-electron chi connectivity index (χ0n) is 18.1. The van der Waals surface area contributed by atoms with Gasteiger partial charge in [0.05, 0.1) is 54.8 Å². The molecule has 5 heterocycles. The van der Waals surface area contributed by atoms with Crippen LogP contribution in [0.15, 0.2) is 22.7 Å². The van der Waals surface area contributed by atoms with Crippen molar-refractivity contribution >= 4 is 34.8 Å². The summed E-state index contributed by atoms with van der Waals surface area (Å²) in [7, 11) is 6.37. The second-order valence-corrected chi connectivity index (χ2v) is 11.6. The van der Waals surface area contributed by atoms with E-state index in [4.69, 9.17) is 16.1 Å². The summed E-state index contributed by atoms with van der Waals surface area (Å²) in [5.74, 6) is -0.0148. The summed E-state index contributed by atoms with van der Waals surface area (Å²) in [6.07, 6.45) is 2.81. The fourth-order valence-corrected chi connectivity index (χ4v) is 6.52. The molecule has 0 radical (unpaired) electrons. The molecule has 0 bridgehead atoms. The first-order chi connectivity index (χ1) is 14.7.